The van der Waals surface area contributed by atoms with Gasteiger partial charge in [-0.1, -0.05) is 12.1 Å². The van der Waals surface area contributed by atoms with Gasteiger partial charge in [0.15, 0.2) is 6.61 Å². The molecule has 0 bridgehead atoms. The number of halogens is 1. The maximum Gasteiger partial charge on any atom is 0.306 e. The number of amides is 2. The molecule has 0 saturated heterocycles. The van der Waals surface area contributed by atoms with Gasteiger partial charge in [-0.05, 0) is 48.4 Å². The van der Waals surface area contributed by atoms with Crippen molar-refractivity contribution in [3.63, 3.8) is 0 Å². The predicted octanol–water partition coefficient (Wildman–Crippen LogP) is 2.22. The minimum absolute atomic E-state index is 0.00317. The highest BCUT2D eigenvalue weighted by Gasteiger charge is 2.18. The van der Waals surface area contributed by atoms with Crippen LogP contribution in [-0.2, 0) is 25.5 Å². The van der Waals surface area contributed by atoms with Gasteiger partial charge in [0.05, 0.1) is 7.11 Å². The third-order valence-electron chi connectivity index (χ3n) is 4.15. The molecular weight excluding hydrogens is 379 g/mol. The first-order chi connectivity index (χ1) is 13.9. The summed E-state index contributed by atoms with van der Waals surface area (Å²) in [5, 5.41) is 0. The van der Waals surface area contributed by atoms with Crippen molar-refractivity contribution in [3.8, 4) is 5.75 Å². The van der Waals surface area contributed by atoms with Crippen LogP contribution in [0.4, 0.5) is 10.1 Å². The van der Waals surface area contributed by atoms with E-state index in [0.29, 0.717) is 12.1 Å². The van der Waals surface area contributed by atoms with Gasteiger partial charge in [0.2, 0.25) is 5.91 Å². The van der Waals surface area contributed by atoms with Gasteiger partial charge in [-0.25, -0.2) is 4.39 Å². The van der Waals surface area contributed by atoms with Crippen LogP contribution in [0.3, 0.4) is 0 Å². The fourth-order valence-corrected chi connectivity index (χ4v) is 2.57. The molecule has 0 fully saturated rings. The van der Waals surface area contributed by atoms with Crippen LogP contribution in [0.15, 0.2) is 48.5 Å². The fraction of sp³-hybridized carbons (Fsp3) is 0.286. The smallest absolute Gasteiger partial charge is 0.306 e. The second-order valence-corrected chi connectivity index (χ2v) is 6.25. The number of carbonyl (C=O) groups excluding carboxylic acids is 3. The number of esters is 1. The van der Waals surface area contributed by atoms with Gasteiger partial charge in [0.25, 0.3) is 5.91 Å². The van der Waals surface area contributed by atoms with Crippen molar-refractivity contribution in [2.45, 2.75) is 19.3 Å². The van der Waals surface area contributed by atoms with Gasteiger partial charge in [-0.3, -0.25) is 14.4 Å². The zero-order valence-corrected chi connectivity index (χ0v) is 16.1. The standard InChI is InChI=1S/C21H23FN2O5/c1-28-18-9-2-15(3-10-18)4-11-21(27)29-14-20(26)24(13-12-19(23)25)17-7-5-16(22)6-8-17/h2-3,5-10H,4,11-14H2,1H3,(H2,23,25). The van der Waals surface area contributed by atoms with E-state index in [0.717, 1.165) is 11.3 Å². The van der Waals surface area contributed by atoms with E-state index < -0.39 is 30.2 Å². The Kier molecular flexibility index (Phi) is 8.14. The van der Waals surface area contributed by atoms with Gasteiger partial charge >= 0.3 is 5.97 Å². The Hall–Kier alpha value is -3.42. The summed E-state index contributed by atoms with van der Waals surface area (Å²) in [4.78, 5) is 36.8. The average Bonchev–Trinajstić information content (AvgIpc) is 2.72. The van der Waals surface area contributed by atoms with Crippen molar-refractivity contribution in [2.24, 2.45) is 5.73 Å². The largest absolute Gasteiger partial charge is 0.497 e. The number of aryl methyl sites for hydroxylation is 1. The quantitative estimate of drug-likeness (QED) is 0.615. The summed E-state index contributed by atoms with van der Waals surface area (Å²) in [5.74, 6) is -1.38. The molecule has 2 rings (SSSR count). The van der Waals surface area contributed by atoms with Gasteiger partial charge < -0.3 is 20.1 Å². The van der Waals surface area contributed by atoms with Crippen molar-refractivity contribution in [1.82, 2.24) is 0 Å². The van der Waals surface area contributed by atoms with Crippen molar-refractivity contribution in [2.75, 3.05) is 25.2 Å². The minimum Gasteiger partial charge on any atom is -0.497 e. The van der Waals surface area contributed by atoms with Gasteiger partial charge in [-0.2, -0.15) is 0 Å². The molecule has 0 spiro atoms. The molecule has 0 saturated carbocycles. The van der Waals surface area contributed by atoms with Crippen LogP contribution in [0.5, 0.6) is 5.75 Å². The van der Waals surface area contributed by atoms with Crippen molar-refractivity contribution < 1.29 is 28.2 Å². The average molecular weight is 402 g/mol. The molecular formula is C21H23FN2O5. The summed E-state index contributed by atoms with van der Waals surface area (Å²) in [6.45, 7) is -0.485. The molecule has 2 amide bonds. The molecule has 2 N–H and O–H groups in total. The molecule has 0 unspecified atom stereocenters. The number of methoxy groups -OCH3 is 1. The number of primary amides is 1. The molecule has 0 heterocycles. The van der Waals surface area contributed by atoms with Crippen molar-refractivity contribution in [1.29, 1.82) is 0 Å². The second-order valence-electron chi connectivity index (χ2n) is 6.25. The summed E-state index contributed by atoms with van der Waals surface area (Å²) in [5.41, 5.74) is 6.46. The lowest BCUT2D eigenvalue weighted by molar-refractivity contribution is -0.147. The zero-order valence-electron chi connectivity index (χ0n) is 16.1. The highest BCUT2D eigenvalue weighted by atomic mass is 19.1. The molecule has 0 aromatic heterocycles. The maximum atomic E-state index is 13.1. The minimum atomic E-state index is -0.582. The number of hydrogen-bond acceptors (Lipinski definition) is 5. The number of carbonyl (C=O) groups is 3. The van der Waals surface area contributed by atoms with E-state index >= 15 is 0 Å². The Bertz CT molecular complexity index is 837. The number of hydrogen-bond donors (Lipinski definition) is 1. The normalized spacial score (nSPS) is 10.3. The molecule has 0 aliphatic rings. The fourth-order valence-electron chi connectivity index (χ4n) is 2.57. The summed E-state index contributed by atoms with van der Waals surface area (Å²) >= 11 is 0. The Morgan fingerprint density at radius 1 is 1.00 bits per heavy atom. The third kappa shape index (κ3) is 7.25. The number of nitrogens with two attached hydrogens (primary N) is 1. The van der Waals surface area contributed by atoms with Crippen LogP contribution in [0.1, 0.15) is 18.4 Å². The van der Waals surface area contributed by atoms with Crippen LogP contribution in [0.25, 0.3) is 0 Å². The van der Waals surface area contributed by atoms with Gasteiger partial charge in [0, 0.05) is 25.1 Å². The molecule has 0 atom stereocenters. The van der Waals surface area contributed by atoms with Crippen LogP contribution in [0.2, 0.25) is 0 Å². The molecule has 2 aromatic rings. The molecule has 2 aromatic carbocycles. The van der Waals surface area contributed by atoms with Gasteiger partial charge in [0.1, 0.15) is 11.6 Å². The van der Waals surface area contributed by atoms with E-state index in [9.17, 15) is 18.8 Å². The van der Waals surface area contributed by atoms with Crippen molar-refractivity contribution in [3.05, 3.63) is 59.9 Å². The first-order valence-corrected chi connectivity index (χ1v) is 9.02. The maximum absolute atomic E-state index is 13.1. The van der Waals surface area contributed by atoms with E-state index in [1.54, 1.807) is 19.2 Å². The SMILES string of the molecule is COc1ccc(CCC(=O)OCC(=O)N(CCC(N)=O)c2ccc(F)cc2)cc1. The van der Waals surface area contributed by atoms with Gasteiger partial charge in [-0.15, -0.1) is 0 Å². The molecule has 0 aliphatic heterocycles. The summed E-state index contributed by atoms with van der Waals surface area (Å²) in [6.07, 6.45) is 0.492. The highest BCUT2D eigenvalue weighted by molar-refractivity contribution is 5.95. The molecule has 154 valence electrons. The predicted molar refractivity (Wildman–Crippen MR) is 105 cm³/mol. The lowest BCUT2D eigenvalue weighted by atomic mass is 10.1. The first-order valence-electron chi connectivity index (χ1n) is 9.02. The number of benzene rings is 2. The molecule has 0 aliphatic carbocycles. The highest BCUT2D eigenvalue weighted by Crippen LogP contribution is 2.16. The number of ether oxygens (including phenoxy) is 2. The van der Waals surface area contributed by atoms with Crippen LogP contribution in [0, 0.1) is 5.82 Å². The molecule has 7 nitrogen and oxygen atoms in total. The molecule has 29 heavy (non-hydrogen) atoms. The Morgan fingerprint density at radius 3 is 2.24 bits per heavy atom. The summed E-state index contributed by atoms with van der Waals surface area (Å²) in [7, 11) is 1.57. The van der Waals surface area contributed by atoms with Crippen LogP contribution < -0.4 is 15.4 Å². The van der Waals surface area contributed by atoms with Crippen LogP contribution in [-0.4, -0.2) is 38.0 Å². The topological polar surface area (TPSA) is 98.9 Å². The number of rotatable bonds is 10. The lowest BCUT2D eigenvalue weighted by Crippen LogP contribution is -2.37. The van der Waals surface area contributed by atoms with E-state index in [1.807, 2.05) is 12.1 Å². The molecule has 0 radical (unpaired) electrons. The number of anilines is 1. The first kappa shape index (κ1) is 21.9. The Labute approximate surface area is 168 Å². The lowest BCUT2D eigenvalue weighted by Gasteiger charge is -2.22. The Morgan fingerprint density at radius 2 is 1.66 bits per heavy atom. The molecule has 8 heteroatoms. The Balaban J connectivity index is 1.89. The summed E-state index contributed by atoms with van der Waals surface area (Å²) in [6, 6.07) is 12.5. The van der Waals surface area contributed by atoms with E-state index in [4.69, 9.17) is 15.2 Å². The van der Waals surface area contributed by atoms with Crippen molar-refractivity contribution >= 4 is 23.5 Å². The third-order valence-corrected chi connectivity index (χ3v) is 4.15. The number of nitrogens with zero attached hydrogens (tertiary/aromatic N) is 1. The zero-order chi connectivity index (χ0) is 21.2. The van der Waals surface area contributed by atoms with E-state index in [2.05, 4.69) is 0 Å². The summed E-state index contributed by atoms with van der Waals surface area (Å²) < 4.78 is 23.3. The van der Waals surface area contributed by atoms with E-state index in [-0.39, 0.29) is 19.4 Å². The van der Waals surface area contributed by atoms with E-state index in [1.165, 1.54) is 29.2 Å². The van der Waals surface area contributed by atoms with Crippen LogP contribution >= 0.6 is 0 Å². The second kappa shape index (κ2) is 10.8. The monoisotopic (exact) mass is 402 g/mol.